The first-order chi connectivity index (χ1) is 23.5. The van der Waals surface area contributed by atoms with E-state index in [0.29, 0.717) is 45.9 Å². The van der Waals surface area contributed by atoms with Crippen molar-refractivity contribution in [2.45, 2.75) is 181 Å². The van der Waals surface area contributed by atoms with Crippen molar-refractivity contribution in [3.63, 3.8) is 0 Å². The average Bonchev–Trinajstić information content (AvgIpc) is 3.61. The first-order valence-corrected chi connectivity index (χ1v) is 20.6. The summed E-state index contributed by atoms with van der Waals surface area (Å²) in [4.78, 5) is 12.7. The minimum absolute atomic E-state index is 0.0897. The minimum atomic E-state index is -0.187. The molecule has 0 unspecified atom stereocenters. The van der Waals surface area contributed by atoms with Crippen LogP contribution in [0.4, 0.5) is 4.79 Å². The van der Waals surface area contributed by atoms with Gasteiger partial charge in [-0.25, -0.2) is 4.79 Å². The Morgan fingerprint density at radius 3 is 1.13 bits per heavy atom. The molecule has 0 radical (unpaired) electrons. The fourth-order valence-corrected chi connectivity index (χ4v) is 6.16. The minimum Gasteiger partial charge on any atom is -0.448 e. The molecular formula is C44H88N2O6. The summed E-state index contributed by atoms with van der Waals surface area (Å²) >= 11 is 0. The van der Waals surface area contributed by atoms with Gasteiger partial charge in [-0.05, 0) is 92.4 Å². The van der Waals surface area contributed by atoms with Crippen molar-refractivity contribution in [1.29, 1.82) is 0 Å². The standard InChI is InChI=1S/2C8H16O.C7H13NO2.C7H15N.2C7H14O/c1-8(2,3)7-4-5-9-6-7;1-8(2,3)7-5-4-6-9-7;1-7(2,3)8-4-5-10-6(8)9;1-7(2,3)6-4-5-8-6;1-7(2,3)6-4-8-5-6;1-7(2,3)6-4-5-8-6/h2*7H,4-6H2,1-3H3;4-5H2,1-3H3;6,8H,4-5H2,1-3H3;2*6H,4-5H2,1-3H3/t2*7-;;6-;;6-/m10.0.0/s1. The van der Waals surface area contributed by atoms with Crippen LogP contribution in [0.15, 0.2) is 0 Å². The first kappa shape index (κ1) is 49.1. The molecule has 8 nitrogen and oxygen atoms in total. The maximum Gasteiger partial charge on any atom is 0.410 e. The molecule has 0 aromatic heterocycles. The Hall–Kier alpha value is -0.930. The Kier molecular flexibility index (Phi) is 19.7. The number of hydrogen-bond donors (Lipinski definition) is 1. The van der Waals surface area contributed by atoms with Gasteiger partial charge < -0.3 is 29.0 Å². The smallest absolute Gasteiger partial charge is 0.410 e. The van der Waals surface area contributed by atoms with Gasteiger partial charge in [0, 0.05) is 43.9 Å². The molecule has 0 spiro atoms. The number of hydrogen-bond acceptors (Lipinski definition) is 7. The summed E-state index contributed by atoms with van der Waals surface area (Å²) in [5, 5.41) is 3.39. The Bertz CT molecular complexity index is 882. The SMILES string of the molecule is CC(C)(C)C1COC1.CC(C)(C)N1CCOC1=O.CC(C)(C)[C@@H]1CCCO1.CC(C)(C)[C@@H]1CCN1.CC(C)(C)[C@@H]1CCO1.CC(C)(C)[C@@H]1CCOC1. The number of ether oxygens (including phenoxy) is 5. The van der Waals surface area contributed by atoms with Gasteiger partial charge in [0.05, 0.1) is 32.0 Å². The topological polar surface area (TPSA) is 78.5 Å². The summed E-state index contributed by atoms with van der Waals surface area (Å²) in [6, 6.07) is 0.780. The molecule has 310 valence electrons. The van der Waals surface area contributed by atoms with Crippen LogP contribution >= 0.6 is 0 Å². The van der Waals surface area contributed by atoms with Crippen molar-refractivity contribution in [1.82, 2.24) is 10.2 Å². The van der Waals surface area contributed by atoms with Crippen LogP contribution in [0.5, 0.6) is 0 Å². The van der Waals surface area contributed by atoms with Crippen LogP contribution in [0.1, 0.15) is 157 Å². The highest BCUT2D eigenvalue weighted by atomic mass is 16.6. The van der Waals surface area contributed by atoms with Gasteiger partial charge in [0.2, 0.25) is 0 Å². The molecule has 1 amide bonds. The molecule has 0 aromatic carbocycles. The molecule has 1 N–H and O–H groups in total. The molecule has 6 heterocycles. The van der Waals surface area contributed by atoms with Gasteiger partial charge in [0.15, 0.2) is 0 Å². The molecule has 6 fully saturated rings. The van der Waals surface area contributed by atoms with Crippen LogP contribution in [0.25, 0.3) is 0 Å². The number of carbonyl (C=O) groups excluding carboxylic acids is 1. The Morgan fingerprint density at radius 1 is 0.538 bits per heavy atom. The monoisotopic (exact) mass is 741 g/mol. The van der Waals surface area contributed by atoms with Gasteiger partial charge in [-0.2, -0.15) is 0 Å². The van der Waals surface area contributed by atoms with Crippen molar-refractivity contribution >= 4 is 6.09 Å². The Morgan fingerprint density at radius 2 is 1.02 bits per heavy atom. The highest BCUT2D eigenvalue weighted by Gasteiger charge is 2.33. The van der Waals surface area contributed by atoms with Crippen LogP contribution in [0, 0.1) is 38.9 Å². The van der Waals surface area contributed by atoms with E-state index in [2.05, 4.69) is 109 Å². The van der Waals surface area contributed by atoms with Gasteiger partial charge in [-0.15, -0.1) is 0 Å². The molecule has 6 aliphatic rings. The summed E-state index contributed by atoms with van der Waals surface area (Å²) in [6.07, 6.45) is 7.23. The predicted molar refractivity (Wildman–Crippen MR) is 218 cm³/mol. The average molecular weight is 741 g/mol. The van der Waals surface area contributed by atoms with E-state index >= 15 is 0 Å². The van der Waals surface area contributed by atoms with E-state index < -0.39 is 0 Å². The molecule has 6 rings (SSSR count). The van der Waals surface area contributed by atoms with Crippen molar-refractivity contribution in [2.75, 3.05) is 59.3 Å². The van der Waals surface area contributed by atoms with Crippen LogP contribution < -0.4 is 5.32 Å². The molecule has 0 bridgehead atoms. The van der Waals surface area contributed by atoms with Crippen LogP contribution in [-0.2, 0) is 23.7 Å². The van der Waals surface area contributed by atoms with E-state index in [-0.39, 0.29) is 11.6 Å². The van der Waals surface area contributed by atoms with E-state index in [4.69, 9.17) is 23.7 Å². The van der Waals surface area contributed by atoms with Crippen LogP contribution in [-0.4, -0.2) is 94.1 Å². The van der Waals surface area contributed by atoms with E-state index in [1.165, 1.54) is 38.6 Å². The van der Waals surface area contributed by atoms with Gasteiger partial charge in [-0.1, -0.05) is 104 Å². The number of nitrogens with one attached hydrogen (secondary N) is 1. The van der Waals surface area contributed by atoms with Crippen molar-refractivity contribution in [3.05, 3.63) is 0 Å². The van der Waals surface area contributed by atoms with Crippen LogP contribution in [0.3, 0.4) is 0 Å². The number of cyclic esters (lactones) is 1. The third-order valence-electron chi connectivity index (χ3n) is 11.0. The Balaban J connectivity index is 0.000000313. The highest BCUT2D eigenvalue weighted by molar-refractivity contribution is 5.70. The summed E-state index contributed by atoms with van der Waals surface area (Å²) in [7, 11) is 0. The summed E-state index contributed by atoms with van der Waals surface area (Å²) < 4.78 is 25.9. The highest BCUT2D eigenvalue weighted by Crippen LogP contribution is 2.33. The molecule has 4 atom stereocenters. The zero-order valence-electron chi connectivity index (χ0n) is 37.7. The molecule has 0 aliphatic carbocycles. The fraction of sp³-hybridized carbons (Fsp3) is 0.977. The quantitative estimate of drug-likeness (QED) is 0.265. The summed E-state index contributed by atoms with van der Waals surface area (Å²) in [6.45, 7) is 48.2. The van der Waals surface area contributed by atoms with E-state index in [0.717, 1.165) is 64.1 Å². The van der Waals surface area contributed by atoms with E-state index in [1.807, 2.05) is 20.8 Å². The largest absolute Gasteiger partial charge is 0.448 e. The number of carbonyl (C=O) groups is 1. The lowest BCUT2D eigenvalue weighted by Crippen LogP contribution is -2.50. The lowest BCUT2D eigenvalue weighted by Gasteiger charge is -2.38. The number of rotatable bonds is 0. The van der Waals surface area contributed by atoms with Crippen molar-refractivity contribution in [3.8, 4) is 0 Å². The summed E-state index contributed by atoms with van der Waals surface area (Å²) in [5.41, 5.74) is 2.05. The molecule has 6 aliphatic heterocycles. The van der Waals surface area contributed by atoms with Gasteiger partial charge >= 0.3 is 6.09 Å². The predicted octanol–water partition coefficient (Wildman–Crippen LogP) is 10.4. The fourth-order valence-electron chi connectivity index (χ4n) is 6.16. The first-order valence-electron chi connectivity index (χ1n) is 20.6. The zero-order chi connectivity index (χ0) is 40.2. The normalized spacial score (nSPS) is 26.4. The number of amides is 1. The van der Waals surface area contributed by atoms with Crippen LogP contribution in [0.2, 0.25) is 0 Å². The van der Waals surface area contributed by atoms with Crippen molar-refractivity contribution in [2.24, 2.45) is 38.9 Å². The van der Waals surface area contributed by atoms with Gasteiger partial charge in [0.1, 0.15) is 6.61 Å². The molecular weight excluding hydrogens is 652 g/mol. The second kappa shape index (κ2) is 20.8. The lowest BCUT2D eigenvalue weighted by atomic mass is 9.80. The molecule has 52 heavy (non-hydrogen) atoms. The third-order valence-corrected chi connectivity index (χ3v) is 11.0. The summed E-state index contributed by atoms with van der Waals surface area (Å²) in [5.74, 6) is 1.60. The number of nitrogens with zero attached hydrogens (tertiary/aromatic N) is 1. The molecule has 6 saturated heterocycles. The van der Waals surface area contributed by atoms with Crippen molar-refractivity contribution < 1.29 is 28.5 Å². The molecule has 0 saturated carbocycles. The van der Waals surface area contributed by atoms with E-state index in [9.17, 15) is 4.79 Å². The Labute approximate surface area is 322 Å². The van der Waals surface area contributed by atoms with Gasteiger partial charge in [-0.3, -0.25) is 4.90 Å². The molecule has 0 aromatic rings. The van der Waals surface area contributed by atoms with Gasteiger partial charge in [0.25, 0.3) is 0 Å². The zero-order valence-corrected chi connectivity index (χ0v) is 37.7. The lowest BCUT2D eigenvalue weighted by molar-refractivity contribution is -0.109. The van der Waals surface area contributed by atoms with E-state index in [1.54, 1.807) is 4.90 Å². The second-order valence-corrected chi connectivity index (χ2v) is 22.0. The maximum atomic E-state index is 10.9. The third kappa shape index (κ3) is 19.1. The maximum absolute atomic E-state index is 10.9. The second-order valence-electron chi connectivity index (χ2n) is 22.0. The molecule has 8 heteroatoms.